The molecule has 0 N–H and O–H groups in total. The molecule has 6 nitrogen and oxygen atoms in total. The van der Waals surface area contributed by atoms with Gasteiger partial charge in [-0.15, -0.1) is 0 Å². The summed E-state index contributed by atoms with van der Waals surface area (Å²) in [7, 11) is 1.65. The number of hydrogen-bond acceptors (Lipinski definition) is 4. The van der Waals surface area contributed by atoms with E-state index in [1.165, 1.54) is 0 Å². The molecule has 3 heterocycles. The van der Waals surface area contributed by atoms with Gasteiger partial charge in [-0.3, -0.25) is 9.78 Å². The van der Waals surface area contributed by atoms with Crippen LogP contribution in [0.4, 0.5) is 0 Å². The van der Waals surface area contributed by atoms with Gasteiger partial charge in [-0.25, -0.2) is 4.98 Å². The Morgan fingerprint density at radius 3 is 2.81 bits per heavy atom. The highest BCUT2D eigenvalue weighted by molar-refractivity contribution is 6.30. The molecule has 0 radical (unpaired) electrons. The Hall–Kier alpha value is -3.12. The minimum atomic E-state index is 0.0545. The number of aryl methyl sites for hydroxylation is 2. The van der Waals surface area contributed by atoms with Gasteiger partial charge < -0.3 is 14.2 Å². The molecule has 0 aliphatic carbocycles. The molecule has 0 saturated carbocycles. The standard InChI is InChI=1S/C24H25ClN4O2/c1-16-13-29(15-27-16)22-7-6-18(10-23(22)31-3)9-19-5-4-8-28(24(19)30)14-20-11-21(25)12-26-17(20)2/h6-7,9-13,15H,4-5,8,14H2,1-3H3. The van der Waals surface area contributed by atoms with Gasteiger partial charge in [-0.05, 0) is 62.1 Å². The zero-order chi connectivity index (χ0) is 22.0. The van der Waals surface area contributed by atoms with E-state index in [1.54, 1.807) is 19.6 Å². The van der Waals surface area contributed by atoms with Gasteiger partial charge in [-0.1, -0.05) is 17.7 Å². The van der Waals surface area contributed by atoms with Crippen molar-refractivity contribution in [3.8, 4) is 11.4 Å². The van der Waals surface area contributed by atoms with Crippen LogP contribution in [-0.4, -0.2) is 39.0 Å². The van der Waals surface area contributed by atoms with Crippen molar-refractivity contribution < 1.29 is 9.53 Å². The summed E-state index contributed by atoms with van der Waals surface area (Å²) < 4.78 is 7.53. The van der Waals surface area contributed by atoms with E-state index in [1.807, 2.05) is 59.9 Å². The fraction of sp³-hybridized carbons (Fsp3) is 0.292. The molecule has 7 heteroatoms. The third-order valence-corrected chi connectivity index (χ3v) is 5.70. The molecule has 0 spiro atoms. The number of halogens is 1. The van der Waals surface area contributed by atoms with E-state index in [9.17, 15) is 4.79 Å². The number of methoxy groups -OCH3 is 1. The highest BCUT2D eigenvalue weighted by atomic mass is 35.5. The van der Waals surface area contributed by atoms with Gasteiger partial charge in [-0.2, -0.15) is 0 Å². The number of aromatic nitrogens is 3. The predicted octanol–water partition coefficient (Wildman–Crippen LogP) is 4.75. The molecule has 1 amide bonds. The summed E-state index contributed by atoms with van der Waals surface area (Å²) in [5, 5.41) is 0.584. The molecule has 0 unspecified atom stereocenters. The van der Waals surface area contributed by atoms with E-state index < -0.39 is 0 Å². The van der Waals surface area contributed by atoms with Crippen molar-refractivity contribution in [3.05, 3.63) is 76.1 Å². The smallest absolute Gasteiger partial charge is 0.250 e. The van der Waals surface area contributed by atoms with Crippen molar-refractivity contribution in [2.24, 2.45) is 0 Å². The molecule has 160 valence electrons. The molecule has 0 atom stereocenters. The third-order valence-electron chi connectivity index (χ3n) is 5.49. The quantitative estimate of drug-likeness (QED) is 0.541. The van der Waals surface area contributed by atoms with E-state index in [2.05, 4.69) is 9.97 Å². The molecular weight excluding hydrogens is 412 g/mol. The molecule has 1 aliphatic rings. The van der Waals surface area contributed by atoms with E-state index in [4.69, 9.17) is 16.3 Å². The maximum atomic E-state index is 13.1. The van der Waals surface area contributed by atoms with Crippen LogP contribution in [0.15, 0.2) is 48.6 Å². The van der Waals surface area contributed by atoms with Gasteiger partial charge in [0.05, 0.1) is 29.8 Å². The molecule has 2 aromatic heterocycles. The largest absolute Gasteiger partial charge is 0.495 e. The Morgan fingerprint density at radius 1 is 1.23 bits per heavy atom. The number of amides is 1. The molecule has 1 aromatic carbocycles. The lowest BCUT2D eigenvalue weighted by atomic mass is 9.99. The summed E-state index contributed by atoms with van der Waals surface area (Å²) in [6, 6.07) is 7.82. The Labute approximate surface area is 187 Å². The molecule has 0 bridgehead atoms. The lowest BCUT2D eigenvalue weighted by Crippen LogP contribution is -2.36. The SMILES string of the molecule is COc1cc(C=C2CCCN(Cc3cc(Cl)cnc3C)C2=O)ccc1-n1cnc(C)c1. The summed E-state index contributed by atoms with van der Waals surface area (Å²) in [6.45, 7) is 5.12. The predicted molar refractivity (Wildman–Crippen MR) is 121 cm³/mol. The average Bonchev–Trinajstić information content (AvgIpc) is 3.19. The fourth-order valence-corrected chi connectivity index (χ4v) is 4.00. The monoisotopic (exact) mass is 436 g/mol. The zero-order valence-corrected chi connectivity index (χ0v) is 18.7. The van der Waals surface area contributed by atoms with E-state index >= 15 is 0 Å². The van der Waals surface area contributed by atoms with Crippen molar-refractivity contribution in [3.63, 3.8) is 0 Å². The summed E-state index contributed by atoms with van der Waals surface area (Å²) >= 11 is 6.10. The lowest BCUT2D eigenvalue weighted by Gasteiger charge is -2.29. The first-order valence-corrected chi connectivity index (χ1v) is 10.6. The number of piperidine rings is 1. The molecule has 3 aromatic rings. The molecule has 1 aliphatic heterocycles. The van der Waals surface area contributed by atoms with Crippen molar-refractivity contribution in [2.75, 3.05) is 13.7 Å². The second-order valence-electron chi connectivity index (χ2n) is 7.75. The Bertz CT molecular complexity index is 1150. The molecule has 4 rings (SSSR count). The van der Waals surface area contributed by atoms with Crippen LogP contribution in [0.1, 0.15) is 35.4 Å². The van der Waals surface area contributed by atoms with Crippen LogP contribution in [0.5, 0.6) is 5.75 Å². The fourth-order valence-electron chi connectivity index (χ4n) is 3.82. The third kappa shape index (κ3) is 4.64. The van der Waals surface area contributed by atoms with E-state index in [-0.39, 0.29) is 5.91 Å². The minimum absolute atomic E-state index is 0.0545. The van der Waals surface area contributed by atoms with Crippen molar-refractivity contribution in [1.29, 1.82) is 0 Å². The maximum Gasteiger partial charge on any atom is 0.250 e. The van der Waals surface area contributed by atoms with Crippen molar-refractivity contribution in [2.45, 2.75) is 33.2 Å². The van der Waals surface area contributed by atoms with Crippen LogP contribution in [0.25, 0.3) is 11.8 Å². The number of benzene rings is 1. The number of carbonyl (C=O) groups excluding carboxylic acids is 1. The number of carbonyl (C=O) groups is 1. The average molecular weight is 437 g/mol. The number of pyridine rings is 1. The van der Waals surface area contributed by atoms with Gasteiger partial charge in [0, 0.05) is 36.8 Å². The van der Waals surface area contributed by atoms with E-state index in [0.29, 0.717) is 11.6 Å². The second-order valence-corrected chi connectivity index (χ2v) is 8.19. The second kappa shape index (κ2) is 8.94. The highest BCUT2D eigenvalue weighted by Gasteiger charge is 2.24. The Balaban J connectivity index is 1.58. The first-order valence-electron chi connectivity index (χ1n) is 10.2. The summed E-state index contributed by atoms with van der Waals surface area (Å²) in [5.41, 5.74) is 5.44. The van der Waals surface area contributed by atoms with Gasteiger partial charge >= 0.3 is 0 Å². The number of nitrogens with zero attached hydrogens (tertiary/aromatic N) is 4. The van der Waals surface area contributed by atoms with Crippen LogP contribution in [0.3, 0.4) is 0 Å². The summed E-state index contributed by atoms with van der Waals surface area (Å²) in [5.74, 6) is 0.784. The Morgan fingerprint density at radius 2 is 2.06 bits per heavy atom. The molecule has 1 fully saturated rings. The normalized spacial score (nSPS) is 15.5. The van der Waals surface area contributed by atoms with Crippen molar-refractivity contribution >= 4 is 23.6 Å². The highest BCUT2D eigenvalue weighted by Crippen LogP contribution is 2.28. The van der Waals surface area contributed by atoms with Gasteiger partial charge in [0.15, 0.2) is 0 Å². The number of ether oxygens (including phenoxy) is 1. The van der Waals surface area contributed by atoms with Gasteiger partial charge in [0.1, 0.15) is 5.75 Å². The van der Waals surface area contributed by atoms with Crippen LogP contribution in [0, 0.1) is 13.8 Å². The lowest BCUT2D eigenvalue weighted by molar-refractivity contribution is -0.129. The molecule has 1 saturated heterocycles. The molecular formula is C24H25ClN4O2. The minimum Gasteiger partial charge on any atom is -0.495 e. The van der Waals surface area contributed by atoms with Gasteiger partial charge in [0.2, 0.25) is 5.91 Å². The number of likely N-dealkylation sites (tertiary alicyclic amines) is 1. The number of hydrogen-bond donors (Lipinski definition) is 0. The molecule has 31 heavy (non-hydrogen) atoms. The number of imidazole rings is 1. The van der Waals surface area contributed by atoms with Crippen LogP contribution in [-0.2, 0) is 11.3 Å². The maximum absolute atomic E-state index is 13.1. The van der Waals surface area contributed by atoms with Crippen LogP contribution in [0.2, 0.25) is 5.02 Å². The Kier molecular flexibility index (Phi) is 6.09. The topological polar surface area (TPSA) is 60.2 Å². The summed E-state index contributed by atoms with van der Waals surface area (Å²) in [6.07, 6.45) is 8.99. The number of rotatable bonds is 5. The summed E-state index contributed by atoms with van der Waals surface area (Å²) in [4.78, 5) is 23.6. The first kappa shape index (κ1) is 21.1. The van der Waals surface area contributed by atoms with Crippen LogP contribution < -0.4 is 4.74 Å². The van der Waals surface area contributed by atoms with Crippen LogP contribution >= 0.6 is 11.6 Å². The van der Waals surface area contributed by atoms with Gasteiger partial charge in [0.25, 0.3) is 0 Å². The zero-order valence-electron chi connectivity index (χ0n) is 17.9. The van der Waals surface area contributed by atoms with Crippen molar-refractivity contribution in [1.82, 2.24) is 19.4 Å². The van der Waals surface area contributed by atoms with E-state index in [0.717, 1.165) is 58.9 Å². The first-order chi connectivity index (χ1) is 14.9.